The summed E-state index contributed by atoms with van der Waals surface area (Å²) in [7, 11) is 4.84. The van der Waals surface area contributed by atoms with E-state index in [1.165, 1.54) is 0 Å². The van der Waals surface area contributed by atoms with E-state index in [0.29, 0.717) is 30.2 Å². The van der Waals surface area contributed by atoms with Crippen LogP contribution in [0.2, 0.25) is 0 Å². The highest BCUT2D eigenvalue weighted by molar-refractivity contribution is 9.10. The molecule has 1 amide bonds. The van der Waals surface area contributed by atoms with Crippen molar-refractivity contribution in [3.8, 4) is 17.2 Å². The van der Waals surface area contributed by atoms with Crippen LogP contribution < -0.4 is 14.2 Å². The van der Waals surface area contributed by atoms with Crippen LogP contribution in [-0.4, -0.2) is 85.4 Å². The lowest BCUT2D eigenvalue weighted by molar-refractivity contribution is -0.159. The Balaban J connectivity index is 0.000000604. The van der Waals surface area contributed by atoms with Crippen LogP contribution in [-0.2, 0) is 16.1 Å². The molecule has 1 fully saturated rings. The molecule has 0 spiro atoms. The minimum atomic E-state index is -1.82. The standard InChI is InChI=1S/C21H25BrN2O4.C2H2O4/c1-26-18-7-5-17(22)12-16(18)14-23-8-10-24(11-9-23)21(25)15-4-6-19(27-2)20(13-15)28-3;3-1(4)2(5)6/h4-7,12-13H,8-11,14H2,1-3H3;(H,3,4)(H,5,6). The fraction of sp³-hybridized carbons (Fsp3) is 0.348. The predicted octanol–water partition coefficient (Wildman–Crippen LogP) is 2.59. The van der Waals surface area contributed by atoms with Gasteiger partial charge in [-0.2, -0.15) is 0 Å². The first-order chi connectivity index (χ1) is 16.2. The number of ether oxygens (including phenoxy) is 3. The molecule has 11 heteroatoms. The third-order valence-electron chi connectivity index (χ3n) is 5.11. The molecule has 0 radical (unpaired) electrons. The molecule has 0 aromatic heterocycles. The highest BCUT2D eigenvalue weighted by Crippen LogP contribution is 2.28. The van der Waals surface area contributed by atoms with Gasteiger partial charge in [0.05, 0.1) is 21.3 Å². The van der Waals surface area contributed by atoms with E-state index in [0.717, 1.165) is 35.4 Å². The maximum Gasteiger partial charge on any atom is 0.414 e. The summed E-state index contributed by atoms with van der Waals surface area (Å²) in [6, 6.07) is 11.3. The summed E-state index contributed by atoms with van der Waals surface area (Å²) in [5.74, 6) is -1.57. The lowest BCUT2D eigenvalue weighted by atomic mass is 10.1. The Morgan fingerprint density at radius 1 is 0.824 bits per heavy atom. The summed E-state index contributed by atoms with van der Waals surface area (Å²) in [4.78, 5) is 35.3. The number of nitrogens with zero attached hydrogens (tertiary/aromatic N) is 2. The largest absolute Gasteiger partial charge is 0.496 e. The molecule has 0 aliphatic carbocycles. The summed E-state index contributed by atoms with van der Waals surface area (Å²) in [5.41, 5.74) is 1.75. The topological polar surface area (TPSA) is 126 Å². The molecule has 1 aliphatic rings. The monoisotopic (exact) mass is 538 g/mol. The van der Waals surface area contributed by atoms with Crippen LogP contribution in [0.15, 0.2) is 40.9 Å². The summed E-state index contributed by atoms with van der Waals surface area (Å²) in [5, 5.41) is 14.8. The van der Waals surface area contributed by atoms with E-state index in [-0.39, 0.29) is 5.91 Å². The first kappa shape index (κ1) is 26.9. The van der Waals surface area contributed by atoms with Crippen LogP contribution in [0.25, 0.3) is 0 Å². The maximum absolute atomic E-state index is 12.9. The molecule has 2 aromatic rings. The lowest BCUT2D eigenvalue weighted by Crippen LogP contribution is -2.48. The molecule has 34 heavy (non-hydrogen) atoms. The van der Waals surface area contributed by atoms with Crippen LogP contribution in [0, 0.1) is 0 Å². The Bertz CT molecular complexity index is 1010. The zero-order chi connectivity index (χ0) is 25.3. The zero-order valence-corrected chi connectivity index (χ0v) is 20.7. The second-order valence-corrected chi connectivity index (χ2v) is 8.12. The maximum atomic E-state index is 12.9. The summed E-state index contributed by atoms with van der Waals surface area (Å²) < 4.78 is 17.1. The fourth-order valence-corrected chi connectivity index (χ4v) is 3.78. The van der Waals surface area contributed by atoms with Gasteiger partial charge in [-0.1, -0.05) is 15.9 Å². The quantitative estimate of drug-likeness (QED) is 0.533. The Morgan fingerprint density at radius 2 is 1.38 bits per heavy atom. The van der Waals surface area contributed by atoms with Crippen molar-refractivity contribution < 1.29 is 38.8 Å². The van der Waals surface area contributed by atoms with Crippen molar-refractivity contribution in [1.29, 1.82) is 0 Å². The van der Waals surface area contributed by atoms with E-state index in [2.05, 4.69) is 26.9 Å². The third kappa shape index (κ3) is 7.35. The van der Waals surface area contributed by atoms with Gasteiger partial charge in [0, 0.05) is 48.3 Å². The van der Waals surface area contributed by atoms with Gasteiger partial charge in [0.15, 0.2) is 11.5 Å². The molecule has 1 aliphatic heterocycles. The lowest BCUT2D eigenvalue weighted by Gasteiger charge is -2.35. The van der Waals surface area contributed by atoms with Crippen LogP contribution in [0.1, 0.15) is 15.9 Å². The van der Waals surface area contributed by atoms with Gasteiger partial charge in [-0.3, -0.25) is 9.69 Å². The third-order valence-corrected chi connectivity index (χ3v) is 5.60. The average Bonchev–Trinajstić information content (AvgIpc) is 2.84. The molecular formula is C23H27BrN2O8. The van der Waals surface area contributed by atoms with Crippen molar-refractivity contribution >= 4 is 33.8 Å². The molecule has 1 saturated heterocycles. The van der Waals surface area contributed by atoms with E-state index in [1.807, 2.05) is 17.0 Å². The predicted molar refractivity (Wildman–Crippen MR) is 127 cm³/mol. The second-order valence-electron chi connectivity index (χ2n) is 7.20. The zero-order valence-electron chi connectivity index (χ0n) is 19.1. The molecule has 0 bridgehead atoms. The smallest absolute Gasteiger partial charge is 0.414 e. The number of benzene rings is 2. The summed E-state index contributed by atoms with van der Waals surface area (Å²) in [6.45, 7) is 3.79. The summed E-state index contributed by atoms with van der Waals surface area (Å²) >= 11 is 3.52. The van der Waals surface area contributed by atoms with Gasteiger partial charge in [0.2, 0.25) is 0 Å². The van der Waals surface area contributed by atoms with E-state index < -0.39 is 11.9 Å². The SMILES string of the molecule is COc1ccc(Br)cc1CN1CCN(C(=O)c2ccc(OC)c(OC)c2)CC1.O=C(O)C(=O)O. The van der Waals surface area contributed by atoms with Crippen molar-refractivity contribution in [3.05, 3.63) is 52.0 Å². The molecule has 184 valence electrons. The minimum absolute atomic E-state index is 0.0145. The van der Waals surface area contributed by atoms with Gasteiger partial charge in [-0.15, -0.1) is 0 Å². The van der Waals surface area contributed by atoms with Gasteiger partial charge in [0.1, 0.15) is 5.75 Å². The Kier molecular flexibility index (Phi) is 10.1. The molecule has 1 heterocycles. The number of hydrogen-bond donors (Lipinski definition) is 2. The number of hydrogen-bond acceptors (Lipinski definition) is 7. The summed E-state index contributed by atoms with van der Waals surface area (Å²) in [6.07, 6.45) is 0. The number of aliphatic carboxylic acids is 2. The number of carboxylic acids is 2. The van der Waals surface area contributed by atoms with Crippen LogP contribution in [0.5, 0.6) is 17.2 Å². The number of rotatable bonds is 6. The van der Waals surface area contributed by atoms with Crippen LogP contribution >= 0.6 is 15.9 Å². The highest BCUT2D eigenvalue weighted by Gasteiger charge is 2.23. The molecule has 2 N–H and O–H groups in total. The fourth-order valence-electron chi connectivity index (χ4n) is 3.37. The Labute approximate surface area is 205 Å². The van der Waals surface area contributed by atoms with Crippen molar-refractivity contribution in [2.75, 3.05) is 47.5 Å². The van der Waals surface area contributed by atoms with Crippen molar-refractivity contribution in [3.63, 3.8) is 0 Å². The van der Waals surface area contributed by atoms with Gasteiger partial charge < -0.3 is 29.3 Å². The molecule has 3 rings (SSSR count). The Morgan fingerprint density at radius 3 is 1.91 bits per heavy atom. The number of amides is 1. The van der Waals surface area contributed by atoms with E-state index in [4.69, 9.17) is 34.0 Å². The van der Waals surface area contributed by atoms with Gasteiger partial charge in [0.25, 0.3) is 5.91 Å². The molecule has 0 atom stereocenters. The highest BCUT2D eigenvalue weighted by atomic mass is 79.9. The minimum Gasteiger partial charge on any atom is -0.496 e. The molecule has 10 nitrogen and oxygen atoms in total. The number of carboxylic acid groups (broad SMARTS) is 2. The molecule has 2 aromatic carbocycles. The molecular weight excluding hydrogens is 512 g/mol. The number of halogens is 1. The Hall–Kier alpha value is -3.31. The second kappa shape index (κ2) is 12.8. The van der Waals surface area contributed by atoms with Gasteiger partial charge >= 0.3 is 11.9 Å². The number of methoxy groups -OCH3 is 3. The van der Waals surface area contributed by atoms with E-state index >= 15 is 0 Å². The van der Waals surface area contributed by atoms with Crippen molar-refractivity contribution in [1.82, 2.24) is 9.80 Å². The molecule has 0 saturated carbocycles. The average molecular weight is 539 g/mol. The molecule has 0 unspecified atom stereocenters. The number of carbonyl (C=O) groups is 3. The van der Waals surface area contributed by atoms with Crippen molar-refractivity contribution in [2.24, 2.45) is 0 Å². The first-order valence-electron chi connectivity index (χ1n) is 10.2. The first-order valence-corrected chi connectivity index (χ1v) is 11.0. The van der Waals surface area contributed by atoms with Crippen LogP contribution in [0.4, 0.5) is 0 Å². The van der Waals surface area contributed by atoms with E-state index in [9.17, 15) is 4.79 Å². The number of piperazine rings is 1. The van der Waals surface area contributed by atoms with Gasteiger partial charge in [-0.05, 0) is 36.4 Å². The van der Waals surface area contributed by atoms with Crippen LogP contribution in [0.3, 0.4) is 0 Å². The van der Waals surface area contributed by atoms with Gasteiger partial charge in [-0.25, -0.2) is 9.59 Å². The van der Waals surface area contributed by atoms with Crippen molar-refractivity contribution in [2.45, 2.75) is 6.54 Å². The number of carbonyl (C=O) groups excluding carboxylic acids is 1. The van der Waals surface area contributed by atoms with E-state index in [1.54, 1.807) is 39.5 Å². The normalized spacial score (nSPS) is 13.4.